The fourth-order valence-corrected chi connectivity index (χ4v) is 2.43. The van der Waals surface area contributed by atoms with Crippen LogP contribution in [0.15, 0.2) is 0 Å². The molecule has 0 atom stereocenters. The van der Waals surface area contributed by atoms with Gasteiger partial charge in [0.2, 0.25) is 15.5 Å². The van der Waals surface area contributed by atoms with Gasteiger partial charge in [-0.2, -0.15) is 0 Å². The Balaban J connectivity index is 2.42. The molecule has 1 saturated carbocycles. The minimum atomic E-state index is -3.59. The van der Waals surface area contributed by atoms with Crippen LogP contribution in [0.4, 0.5) is 8.78 Å². The van der Waals surface area contributed by atoms with Crippen molar-refractivity contribution in [3.63, 3.8) is 0 Å². The van der Waals surface area contributed by atoms with Crippen molar-refractivity contribution in [3.8, 4) is 0 Å². The van der Waals surface area contributed by atoms with Gasteiger partial charge in [0.15, 0.2) is 0 Å². The first-order chi connectivity index (χ1) is 4.91. The van der Waals surface area contributed by atoms with Crippen LogP contribution < -0.4 is 0 Å². The largest absolute Gasteiger partial charge is 0.241 e. The molecule has 0 spiro atoms. The van der Waals surface area contributed by atoms with Crippen molar-refractivity contribution in [2.24, 2.45) is 5.92 Å². The molecule has 6 heteroatoms. The second kappa shape index (κ2) is 2.86. The highest BCUT2D eigenvalue weighted by Crippen LogP contribution is 2.38. The molecule has 11 heavy (non-hydrogen) atoms. The zero-order chi connectivity index (χ0) is 8.65. The van der Waals surface area contributed by atoms with Crippen LogP contribution in [0.1, 0.15) is 12.8 Å². The summed E-state index contributed by atoms with van der Waals surface area (Å²) in [5.41, 5.74) is 0. The first-order valence-corrected chi connectivity index (χ1v) is 5.50. The van der Waals surface area contributed by atoms with Crippen LogP contribution in [0.3, 0.4) is 0 Å². The standard InChI is InChI=1S/C5H7ClF2O2S/c6-11(9,10)4-1-3(2-4)5(7)8/h3-5H,1-2H2/t3-,4-. The van der Waals surface area contributed by atoms with Gasteiger partial charge in [-0.05, 0) is 12.8 Å². The van der Waals surface area contributed by atoms with Crippen molar-refractivity contribution in [1.29, 1.82) is 0 Å². The van der Waals surface area contributed by atoms with Crippen LogP contribution in [-0.2, 0) is 9.05 Å². The lowest BCUT2D eigenvalue weighted by atomic mass is 9.85. The van der Waals surface area contributed by atoms with E-state index in [4.69, 9.17) is 10.7 Å². The van der Waals surface area contributed by atoms with Gasteiger partial charge in [-0.1, -0.05) is 0 Å². The maximum absolute atomic E-state index is 11.8. The number of rotatable bonds is 2. The van der Waals surface area contributed by atoms with Gasteiger partial charge in [0.1, 0.15) is 0 Å². The topological polar surface area (TPSA) is 34.1 Å². The van der Waals surface area contributed by atoms with Crippen LogP contribution in [-0.4, -0.2) is 20.1 Å². The molecule has 1 aliphatic rings. The lowest BCUT2D eigenvalue weighted by Crippen LogP contribution is -2.37. The molecule has 1 rings (SSSR count). The van der Waals surface area contributed by atoms with E-state index < -0.39 is 26.6 Å². The molecular formula is C5H7ClF2O2S. The lowest BCUT2D eigenvalue weighted by molar-refractivity contribution is 0.0367. The van der Waals surface area contributed by atoms with E-state index in [9.17, 15) is 17.2 Å². The van der Waals surface area contributed by atoms with E-state index in [0.717, 1.165) is 0 Å². The van der Waals surface area contributed by atoms with Gasteiger partial charge in [0.25, 0.3) is 0 Å². The summed E-state index contributed by atoms with van der Waals surface area (Å²) in [6.07, 6.45) is -2.41. The molecule has 0 aliphatic heterocycles. The van der Waals surface area contributed by atoms with Crippen LogP contribution in [0.5, 0.6) is 0 Å². The van der Waals surface area contributed by atoms with Gasteiger partial charge in [-0.15, -0.1) is 0 Å². The van der Waals surface area contributed by atoms with Crippen molar-refractivity contribution in [3.05, 3.63) is 0 Å². The summed E-state index contributed by atoms with van der Waals surface area (Å²) in [4.78, 5) is 0. The molecule has 0 bridgehead atoms. The van der Waals surface area contributed by atoms with Crippen LogP contribution >= 0.6 is 10.7 Å². The average molecular weight is 205 g/mol. The maximum atomic E-state index is 11.8. The first kappa shape index (κ1) is 9.19. The van der Waals surface area contributed by atoms with Crippen molar-refractivity contribution < 1.29 is 17.2 Å². The van der Waals surface area contributed by atoms with Gasteiger partial charge >= 0.3 is 0 Å². The summed E-state index contributed by atoms with van der Waals surface area (Å²) in [7, 11) is 1.34. The average Bonchev–Trinajstić information content (AvgIpc) is 1.51. The number of hydrogen-bond acceptors (Lipinski definition) is 2. The molecule has 0 heterocycles. The van der Waals surface area contributed by atoms with E-state index in [1.54, 1.807) is 0 Å². The van der Waals surface area contributed by atoms with E-state index >= 15 is 0 Å². The van der Waals surface area contributed by atoms with E-state index in [-0.39, 0.29) is 12.8 Å². The number of alkyl halides is 2. The van der Waals surface area contributed by atoms with Crippen LogP contribution in [0.25, 0.3) is 0 Å². The minimum Gasteiger partial charge on any atom is -0.212 e. The van der Waals surface area contributed by atoms with Crippen molar-refractivity contribution in [1.82, 2.24) is 0 Å². The maximum Gasteiger partial charge on any atom is 0.241 e. The van der Waals surface area contributed by atoms with Crippen LogP contribution in [0.2, 0.25) is 0 Å². The summed E-state index contributed by atoms with van der Waals surface area (Å²) in [6, 6.07) is 0. The molecule has 0 aromatic heterocycles. The SMILES string of the molecule is O=S(=O)(Cl)[C@H]1C[C@H](C(F)F)C1. The van der Waals surface area contributed by atoms with Crippen molar-refractivity contribution in [2.75, 3.05) is 0 Å². The molecular weight excluding hydrogens is 198 g/mol. The third kappa shape index (κ3) is 2.02. The normalized spacial score (nSPS) is 32.0. The monoisotopic (exact) mass is 204 g/mol. The van der Waals surface area contributed by atoms with E-state index in [1.807, 2.05) is 0 Å². The summed E-state index contributed by atoms with van der Waals surface area (Å²) in [5.74, 6) is -0.770. The number of halogens is 3. The molecule has 1 fully saturated rings. The third-order valence-electron chi connectivity index (χ3n) is 1.89. The Morgan fingerprint density at radius 1 is 1.36 bits per heavy atom. The van der Waals surface area contributed by atoms with Gasteiger partial charge in [-0.3, -0.25) is 0 Å². The Morgan fingerprint density at radius 3 is 2.09 bits per heavy atom. The predicted molar refractivity (Wildman–Crippen MR) is 37.3 cm³/mol. The molecule has 66 valence electrons. The van der Waals surface area contributed by atoms with Gasteiger partial charge < -0.3 is 0 Å². The Kier molecular flexibility index (Phi) is 2.39. The Bertz CT molecular complexity index is 233. The van der Waals surface area contributed by atoms with E-state index in [0.29, 0.717) is 0 Å². The highest BCUT2D eigenvalue weighted by Gasteiger charge is 2.42. The molecule has 0 amide bonds. The van der Waals surface area contributed by atoms with E-state index in [1.165, 1.54) is 0 Å². The third-order valence-corrected chi connectivity index (χ3v) is 3.82. The molecule has 0 aromatic carbocycles. The lowest BCUT2D eigenvalue weighted by Gasteiger charge is -2.31. The molecule has 1 aliphatic carbocycles. The molecule has 0 N–H and O–H groups in total. The molecule has 0 unspecified atom stereocenters. The Morgan fingerprint density at radius 2 is 1.82 bits per heavy atom. The van der Waals surface area contributed by atoms with Crippen molar-refractivity contribution >= 4 is 19.7 Å². The van der Waals surface area contributed by atoms with Gasteiger partial charge in [-0.25, -0.2) is 17.2 Å². The zero-order valence-corrected chi connectivity index (χ0v) is 7.08. The fourth-order valence-electron chi connectivity index (χ4n) is 1.04. The highest BCUT2D eigenvalue weighted by atomic mass is 35.7. The van der Waals surface area contributed by atoms with Gasteiger partial charge in [0.05, 0.1) is 5.25 Å². The number of hydrogen-bond donors (Lipinski definition) is 0. The highest BCUT2D eigenvalue weighted by molar-refractivity contribution is 8.14. The molecule has 0 saturated heterocycles. The fraction of sp³-hybridized carbons (Fsp3) is 1.00. The summed E-state index contributed by atoms with van der Waals surface area (Å²) >= 11 is 0. The van der Waals surface area contributed by atoms with E-state index in [2.05, 4.69) is 0 Å². The Hall–Kier alpha value is 0.1000. The molecule has 0 radical (unpaired) electrons. The van der Waals surface area contributed by atoms with Gasteiger partial charge in [0, 0.05) is 16.6 Å². The summed E-state index contributed by atoms with van der Waals surface area (Å²) < 4.78 is 44.6. The predicted octanol–water partition coefficient (Wildman–Crippen LogP) is 1.60. The molecule has 2 nitrogen and oxygen atoms in total. The summed E-state index contributed by atoms with van der Waals surface area (Å²) in [6.45, 7) is 0. The second-order valence-corrected chi connectivity index (χ2v) is 5.57. The van der Waals surface area contributed by atoms with Crippen LogP contribution in [0, 0.1) is 5.92 Å². The Labute approximate surface area is 68.0 Å². The molecule has 0 aromatic rings. The van der Waals surface area contributed by atoms with Crippen molar-refractivity contribution in [2.45, 2.75) is 24.5 Å². The first-order valence-electron chi connectivity index (χ1n) is 3.13. The zero-order valence-electron chi connectivity index (χ0n) is 5.50. The minimum absolute atomic E-state index is 0.00347. The second-order valence-electron chi connectivity index (χ2n) is 2.66. The summed E-state index contributed by atoms with van der Waals surface area (Å²) in [5, 5.41) is -0.747. The quantitative estimate of drug-likeness (QED) is 0.641. The smallest absolute Gasteiger partial charge is 0.212 e.